The third-order valence-corrected chi connectivity index (χ3v) is 7.78. The summed E-state index contributed by atoms with van der Waals surface area (Å²) >= 11 is 0. The molecule has 51 heavy (non-hydrogen) atoms. The second-order valence-corrected chi connectivity index (χ2v) is 11.2. The molecule has 0 saturated heterocycles. The van der Waals surface area contributed by atoms with Gasteiger partial charge in [-0.25, -0.2) is 14.8 Å². The number of ether oxygens (including phenoxy) is 2. The van der Waals surface area contributed by atoms with Gasteiger partial charge in [0.05, 0.1) is 12.2 Å². The number of carbonyl (C=O) groups excluding carboxylic acids is 1. The van der Waals surface area contributed by atoms with Gasteiger partial charge in [0.2, 0.25) is 5.90 Å². The Bertz CT molecular complexity index is 2010. The largest absolute Gasteiger partial charge is 0.494 e. The van der Waals surface area contributed by atoms with E-state index in [1.54, 1.807) is 66.7 Å². The molecular formula is C34H29F4N9O4. The number of alkyl halides is 3. The van der Waals surface area contributed by atoms with Crippen molar-refractivity contribution in [1.82, 2.24) is 10.9 Å². The molecule has 1 heterocycles. The molecule has 5 rings (SSSR count). The Morgan fingerprint density at radius 1 is 0.980 bits per heavy atom. The highest BCUT2D eigenvalue weighted by Gasteiger charge is 2.54. The van der Waals surface area contributed by atoms with E-state index in [2.05, 4.69) is 30.9 Å². The van der Waals surface area contributed by atoms with Crippen molar-refractivity contribution < 1.29 is 36.9 Å². The van der Waals surface area contributed by atoms with E-state index in [1.165, 1.54) is 6.07 Å². The molecule has 13 nitrogen and oxygen atoms in total. The lowest BCUT2D eigenvalue weighted by Crippen LogP contribution is -2.53. The zero-order chi connectivity index (χ0) is 36.4. The predicted octanol–water partition coefficient (Wildman–Crippen LogP) is 7.81. The van der Waals surface area contributed by atoms with Gasteiger partial charge in [-0.15, -0.1) is 0 Å². The van der Waals surface area contributed by atoms with Crippen LogP contribution in [0.15, 0.2) is 106 Å². The number of benzene rings is 4. The quantitative estimate of drug-likeness (QED) is 0.0301. The summed E-state index contributed by atoms with van der Waals surface area (Å²) in [5, 5.41) is 16.6. The number of amides is 1. The summed E-state index contributed by atoms with van der Waals surface area (Å²) in [5.74, 6) is -1.44. The molecule has 0 unspecified atom stereocenters. The molecule has 17 heteroatoms. The fraction of sp³-hybridized carbons (Fsp3) is 0.235. The first-order valence-electron chi connectivity index (χ1n) is 15.4. The molecule has 0 bridgehead atoms. The number of aliphatic hydroxyl groups is 1. The number of azide groups is 2. The van der Waals surface area contributed by atoms with E-state index >= 15 is 0 Å². The molecule has 1 amide bonds. The topological polar surface area (TPSA) is 190 Å². The lowest BCUT2D eigenvalue weighted by Gasteiger charge is -2.31. The molecule has 1 aliphatic rings. The lowest BCUT2D eigenvalue weighted by molar-refractivity contribution is -0.138. The van der Waals surface area contributed by atoms with E-state index in [0.717, 1.165) is 12.1 Å². The molecule has 262 valence electrons. The number of nitrogens with one attached hydrogen (secondary N) is 2. The van der Waals surface area contributed by atoms with Gasteiger partial charge in [-0.3, -0.25) is 10.2 Å². The molecule has 4 aromatic carbocycles. The van der Waals surface area contributed by atoms with E-state index in [1.807, 2.05) is 0 Å². The molecule has 1 aliphatic heterocycles. The third-order valence-electron chi connectivity index (χ3n) is 7.78. The van der Waals surface area contributed by atoms with Gasteiger partial charge in [0.1, 0.15) is 11.6 Å². The van der Waals surface area contributed by atoms with Crippen molar-refractivity contribution in [2.24, 2.45) is 15.2 Å². The molecule has 0 fully saturated rings. The fourth-order valence-corrected chi connectivity index (χ4v) is 5.46. The maximum Gasteiger partial charge on any atom is 0.416 e. The average molecular weight is 704 g/mol. The minimum absolute atomic E-state index is 0.00835. The highest BCUT2D eigenvalue weighted by atomic mass is 19.4. The first-order valence-corrected chi connectivity index (χ1v) is 15.4. The minimum atomic E-state index is -4.80. The number of aliphatic imine (C=N–C) groups is 1. The van der Waals surface area contributed by atoms with Crippen molar-refractivity contribution in [2.45, 2.75) is 37.2 Å². The number of nitrogens with zero attached hydrogens (tertiary/aromatic N) is 7. The van der Waals surface area contributed by atoms with Gasteiger partial charge in [0.25, 0.3) is 5.91 Å². The van der Waals surface area contributed by atoms with Crippen molar-refractivity contribution in [2.75, 3.05) is 13.2 Å². The summed E-state index contributed by atoms with van der Waals surface area (Å²) in [6.07, 6.45) is -5.89. The zero-order valence-electron chi connectivity index (χ0n) is 26.6. The Labute approximate surface area is 287 Å². The van der Waals surface area contributed by atoms with Crippen molar-refractivity contribution in [3.63, 3.8) is 0 Å². The third kappa shape index (κ3) is 8.55. The van der Waals surface area contributed by atoms with Gasteiger partial charge < -0.3 is 14.6 Å². The molecule has 0 aliphatic carbocycles. The maximum absolute atomic E-state index is 14.5. The van der Waals surface area contributed by atoms with E-state index < -0.39 is 41.7 Å². The predicted molar refractivity (Wildman–Crippen MR) is 177 cm³/mol. The van der Waals surface area contributed by atoms with Crippen molar-refractivity contribution >= 4 is 23.2 Å². The van der Waals surface area contributed by atoms with Gasteiger partial charge >= 0.3 is 6.18 Å². The highest BCUT2D eigenvalue weighted by molar-refractivity contribution is 6.01. The number of carbonyl (C=O) groups is 1. The first-order chi connectivity index (χ1) is 24.6. The lowest BCUT2D eigenvalue weighted by atomic mass is 9.81. The number of rotatable bonds is 14. The molecule has 3 N–H and O–H groups in total. The highest BCUT2D eigenvalue weighted by Crippen LogP contribution is 2.46. The SMILES string of the molecule is [N-]=[N+]=Nc1ccccc1C[C@]1(C(=O)NNCc2cc(F)cc(C(F)(F)F)c2)N=C(c2ccc(OCCCO)cc2)O[C@H]1c1ccccc1N=[N+]=[N-]. The van der Waals surface area contributed by atoms with E-state index in [0.29, 0.717) is 29.4 Å². The van der Waals surface area contributed by atoms with Gasteiger partial charge in [-0.05, 0) is 64.7 Å². The van der Waals surface area contributed by atoms with Crippen LogP contribution in [-0.2, 0) is 28.7 Å². The molecule has 0 spiro atoms. The van der Waals surface area contributed by atoms with Gasteiger partial charge in [-0.1, -0.05) is 58.8 Å². The fourth-order valence-electron chi connectivity index (χ4n) is 5.46. The van der Waals surface area contributed by atoms with Gasteiger partial charge in [0.15, 0.2) is 11.6 Å². The summed E-state index contributed by atoms with van der Waals surface area (Å²) < 4.78 is 66.2. The second kappa shape index (κ2) is 16.1. The Hall–Kier alpha value is -6.12. The summed E-state index contributed by atoms with van der Waals surface area (Å²) in [5.41, 5.74) is 21.8. The number of hydrogen-bond acceptors (Lipinski definition) is 8. The van der Waals surface area contributed by atoms with Gasteiger partial charge in [0, 0.05) is 58.3 Å². The average Bonchev–Trinajstić information content (AvgIpc) is 3.49. The summed E-state index contributed by atoms with van der Waals surface area (Å²) in [6.45, 7) is -0.174. The zero-order valence-corrected chi connectivity index (χ0v) is 26.6. The molecular weight excluding hydrogens is 674 g/mol. The van der Waals surface area contributed by atoms with Crippen LogP contribution in [0.5, 0.6) is 5.75 Å². The number of aliphatic hydroxyl groups excluding tert-OH is 1. The number of halogens is 4. The maximum atomic E-state index is 14.5. The Kier molecular flexibility index (Phi) is 11.4. The van der Waals surface area contributed by atoms with E-state index in [-0.39, 0.29) is 48.0 Å². The van der Waals surface area contributed by atoms with Crippen LogP contribution in [0.1, 0.15) is 40.3 Å². The van der Waals surface area contributed by atoms with Gasteiger partial charge in [-0.2, -0.15) is 13.2 Å². The van der Waals surface area contributed by atoms with Crippen LogP contribution < -0.4 is 15.6 Å². The van der Waals surface area contributed by atoms with E-state index in [4.69, 9.17) is 19.6 Å². The van der Waals surface area contributed by atoms with Crippen LogP contribution in [-0.4, -0.2) is 35.7 Å². The molecule has 0 radical (unpaired) electrons. The Morgan fingerprint density at radius 3 is 2.37 bits per heavy atom. The second-order valence-electron chi connectivity index (χ2n) is 11.2. The van der Waals surface area contributed by atoms with Crippen LogP contribution in [0, 0.1) is 5.82 Å². The van der Waals surface area contributed by atoms with Crippen molar-refractivity contribution in [3.05, 3.63) is 146 Å². The van der Waals surface area contributed by atoms with Crippen molar-refractivity contribution in [3.8, 4) is 5.75 Å². The summed E-state index contributed by atoms with van der Waals surface area (Å²) in [7, 11) is 0. The summed E-state index contributed by atoms with van der Waals surface area (Å²) in [4.78, 5) is 25.1. The number of hydrazine groups is 1. The van der Waals surface area contributed by atoms with Crippen LogP contribution in [0.25, 0.3) is 20.9 Å². The molecule has 0 saturated carbocycles. The van der Waals surface area contributed by atoms with Crippen LogP contribution in [0.3, 0.4) is 0 Å². The Balaban J connectivity index is 1.59. The van der Waals surface area contributed by atoms with Crippen LogP contribution >= 0.6 is 0 Å². The summed E-state index contributed by atoms with van der Waals surface area (Å²) in [6, 6.07) is 21.4. The minimum Gasteiger partial charge on any atom is -0.494 e. The van der Waals surface area contributed by atoms with Crippen LogP contribution in [0.2, 0.25) is 0 Å². The number of hydrogen-bond donors (Lipinski definition) is 3. The smallest absolute Gasteiger partial charge is 0.416 e. The molecule has 4 aromatic rings. The Morgan fingerprint density at radius 2 is 1.67 bits per heavy atom. The molecule has 0 aromatic heterocycles. The first kappa shape index (κ1) is 36.2. The monoisotopic (exact) mass is 703 g/mol. The molecule has 2 atom stereocenters. The van der Waals surface area contributed by atoms with Crippen molar-refractivity contribution in [1.29, 1.82) is 0 Å². The van der Waals surface area contributed by atoms with Crippen LogP contribution in [0.4, 0.5) is 28.9 Å². The standard InChI is InChI=1S/C34H29F4N9O4/c35-25-17-21(16-24(18-25)34(36,37)38)20-41-45-32(49)33(19-23-6-1-3-8-28(23)43-46-39)30(27-7-2-4-9-29(27)44-47-40)51-31(42-33)22-10-12-26(13-11-22)50-15-5-14-48/h1-4,6-13,16-18,30,41,48H,5,14-15,19-20H2,(H,45,49)/t30-,33-/m0/s1. The normalized spacial score (nSPS) is 16.6. The van der Waals surface area contributed by atoms with E-state index in [9.17, 15) is 33.4 Å².